The zero-order chi connectivity index (χ0) is 16.6. The van der Waals surface area contributed by atoms with Gasteiger partial charge in [-0.2, -0.15) is 0 Å². The van der Waals surface area contributed by atoms with Gasteiger partial charge in [-0.15, -0.1) is 0 Å². The Morgan fingerprint density at radius 3 is 2.52 bits per heavy atom. The first-order valence-corrected chi connectivity index (χ1v) is 7.13. The summed E-state index contributed by atoms with van der Waals surface area (Å²) in [5.41, 5.74) is 7.54. The van der Waals surface area contributed by atoms with E-state index in [0.29, 0.717) is 33.5 Å². The molecule has 5 nitrogen and oxygen atoms in total. The van der Waals surface area contributed by atoms with Crippen LogP contribution in [-0.2, 0) is 0 Å². The van der Waals surface area contributed by atoms with Crippen molar-refractivity contribution in [2.75, 3.05) is 7.11 Å². The highest BCUT2D eigenvalue weighted by atomic mass is 16.5. The summed E-state index contributed by atoms with van der Waals surface area (Å²) in [5, 5.41) is 0.675. The number of amides is 1. The molecule has 116 valence electrons. The minimum absolute atomic E-state index is 0.231. The second kappa shape index (κ2) is 5.61. The molecule has 23 heavy (non-hydrogen) atoms. The van der Waals surface area contributed by atoms with E-state index < -0.39 is 5.91 Å². The van der Waals surface area contributed by atoms with Gasteiger partial charge in [0.1, 0.15) is 5.75 Å². The molecule has 3 rings (SSSR count). The molecule has 2 aromatic carbocycles. The predicted octanol–water partition coefficient (Wildman–Crippen LogP) is 2.75. The molecule has 0 atom stereocenters. The Labute approximate surface area is 133 Å². The van der Waals surface area contributed by atoms with Gasteiger partial charge in [0.15, 0.2) is 0 Å². The molecule has 3 aromatic rings. The average molecular weight is 308 g/mol. The van der Waals surface area contributed by atoms with E-state index in [9.17, 15) is 9.59 Å². The monoisotopic (exact) mass is 308 g/mol. The van der Waals surface area contributed by atoms with Gasteiger partial charge in [-0.25, -0.2) is 0 Å². The van der Waals surface area contributed by atoms with Gasteiger partial charge in [-0.05, 0) is 31.2 Å². The minimum Gasteiger partial charge on any atom is -0.497 e. The fourth-order valence-electron chi connectivity index (χ4n) is 2.83. The van der Waals surface area contributed by atoms with Crippen LogP contribution >= 0.6 is 0 Å². The van der Waals surface area contributed by atoms with E-state index in [1.54, 1.807) is 50.4 Å². The van der Waals surface area contributed by atoms with Crippen molar-refractivity contribution in [2.45, 2.75) is 6.92 Å². The molecular formula is C18H16N2O3. The van der Waals surface area contributed by atoms with Gasteiger partial charge in [-0.1, -0.05) is 24.3 Å². The number of fused-ring (bicyclic) bond motifs is 1. The predicted molar refractivity (Wildman–Crippen MR) is 87.9 cm³/mol. The number of hydrogen-bond donors (Lipinski definition) is 1. The first-order chi connectivity index (χ1) is 11.0. The van der Waals surface area contributed by atoms with Crippen molar-refractivity contribution in [2.24, 2.45) is 5.73 Å². The van der Waals surface area contributed by atoms with Crippen LogP contribution in [-0.4, -0.2) is 23.5 Å². The maximum absolute atomic E-state index is 12.9. The fraction of sp³-hybridized carbons (Fsp3) is 0.111. The number of nitrogens with two attached hydrogens (primary N) is 1. The molecule has 0 saturated carbocycles. The van der Waals surface area contributed by atoms with Crippen molar-refractivity contribution in [3.05, 3.63) is 65.4 Å². The Morgan fingerprint density at radius 1 is 1.09 bits per heavy atom. The van der Waals surface area contributed by atoms with Crippen LogP contribution in [0.3, 0.4) is 0 Å². The molecule has 1 heterocycles. The van der Waals surface area contributed by atoms with Crippen molar-refractivity contribution in [1.29, 1.82) is 0 Å². The summed E-state index contributed by atoms with van der Waals surface area (Å²) in [6.07, 6.45) is 0. The molecule has 0 aliphatic rings. The molecular weight excluding hydrogens is 292 g/mol. The van der Waals surface area contributed by atoms with E-state index >= 15 is 0 Å². The number of nitrogens with zero attached hydrogens (tertiary/aromatic N) is 1. The average Bonchev–Trinajstić information content (AvgIpc) is 2.86. The lowest BCUT2D eigenvalue weighted by atomic mass is 10.1. The second-order valence-corrected chi connectivity index (χ2v) is 5.21. The number of carbonyl (C=O) groups is 2. The minimum atomic E-state index is -0.545. The van der Waals surface area contributed by atoms with Crippen LogP contribution in [0.25, 0.3) is 10.9 Å². The second-order valence-electron chi connectivity index (χ2n) is 5.21. The third-order valence-electron chi connectivity index (χ3n) is 3.88. The maximum atomic E-state index is 12.9. The number of aromatic nitrogens is 1. The number of carbonyl (C=O) groups excluding carboxylic acids is 2. The van der Waals surface area contributed by atoms with E-state index in [1.165, 1.54) is 4.57 Å². The zero-order valence-corrected chi connectivity index (χ0v) is 12.9. The summed E-state index contributed by atoms with van der Waals surface area (Å²) >= 11 is 0. The van der Waals surface area contributed by atoms with Gasteiger partial charge in [0.25, 0.3) is 11.8 Å². The number of primary amides is 1. The first-order valence-electron chi connectivity index (χ1n) is 7.13. The molecule has 1 aromatic heterocycles. The lowest BCUT2D eigenvalue weighted by molar-refractivity contribution is 0.0962. The van der Waals surface area contributed by atoms with Crippen LogP contribution in [0, 0.1) is 6.92 Å². The van der Waals surface area contributed by atoms with E-state index in [4.69, 9.17) is 10.5 Å². The molecule has 1 amide bonds. The number of methoxy groups -OCH3 is 1. The van der Waals surface area contributed by atoms with Gasteiger partial charge in [0, 0.05) is 16.6 Å². The highest BCUT2D eigenvalue weighted by Crippen LogP contribution is 2.27. The van der Waals surface area contributed by atoms with Gasteiger partial charge in [-0.3, -0.25) is 14.2 Å². The molecule has 0 bridgehead atoms. The van der Waals surface area contributed by atoms with Crippen LogP contribution in [0.4, 0.5) is 0 Å². The fourth-order valence-corrected chi connectivity index (χ4v) is 2.83. The van der Waals surface area contributed by atoms with Gasteiger partial charge >= 0.3 is 0 Å². The number of hydrogen-bond acceptors (Lipinski definition) is 3. The molecule has 0 unspecified atom stereocenters. The molecule has 2 N–H and O–H groups in total. The van der Waals surface area contributed by atoms with Crippen molar-refractivity contribution < 1.29 is 14.3 Å². The van der Waals surface area contributed by atoms with Crippen molar-refractivity contribution in [1.82, 2.24) is 4.57 Å². The number of rotatable bonds is 3. The lowest BCUT2D eigenvalue weighted by Crippen LogP contribution is -2.16. The number of para-hydroxylation sites is 1. The molecule has 0 aliphatic carbocycles. The summed E-state index contributed by atoms with van der Waals surface area (Å²) in [6.45, 7) is 1.72. The third kappa shape index (κ3) is 2.36. The largest absolute Gasteiger partial charge is 0.497 e. The quantitative estimate of drug-likeness (QED) is 0.808. The van der Waals surface area contributed by atoms with Crippen LogP contribution < -0.4 is 10.5 Å². The van der Waals surface area contributed by atoms with Crippen molar-refractivity contribution in [3.8, 4) is 5.75 Å². The summed E-state index contributed by atoms with van der Waals surface area (Å²) in [5.74, 6) is -0.180. The van der Waals surface area contributed by atoms with Crippen molar-refractivity contribution >= 4 is 22.7 Å². The summed E-state index contributed by atoms with van der Waals surface area (Å²) < 4.78 is 6.68. The standard InChI is InChI=1S/C18H16N2O3/c1-11-16(17(19)21)14-8-3-4-9-15(14)20(11)18(22)12-6-5-7-13(10-12)23-2/h3-10H,1-2H3,(H2,19,21). The summed E-state index contributed by atoms with van der Waals surface area (Å²) in [7, 11) is 1.55. The highest BCUT2D eigenvalue weighted by Gasteiger charge is 2.22. The Balaban J connectivity index is 2.25. The smallest absolute Gasteiger partial charge is 0.262 e. The first kappa shape index (κ1) is 14.8. The topological polar surface area (TPSA) is 74.3 Å². The normalized spacial score (nSPS) is 10.7. The Morgan fingerprint density at radius 2 is 1.83 bits per heavy atom. The van der Waals surface area contributed by atoms with E-state index in [0.717, 1.165) is 0 Å². The highest BCUT2D eigenvalue weighted by molar-refractivity contribution is 6.12. The van der Waals surface area contributed by atoms with Gasteiger partial charge < -0.3 is 10.5 Å². The van der Waals surface area contributed by atoms with E-state index in [2.05, 4.69) is 0 Å². The van der Waals surface area contributed by atoms with E-state index in [-0.39, 0.29) is 5.91 Å². The zero-order valence-electron chi connectivity index (χ0n) is 12.9. The van der Waals surface area contributed by atoms with Crippen LogP contribution in [0.15, 0.2) is 48.5 Å². The SMILES string of the molecule is COc1cccc(C(=O)n2c(C)c(C(N)=O)c3ccccc32)c1. The Bertz CT molecular complexity index is 925. The molecule has 0 aliphatic heterocycles. The molecule has 0 fully saturated rings. The molecule has 0 radical (unpaired) electrons. The van der Waals surface area contributed by atoms with Gasteiger partial charge in [0.2, 0.25) is 0 Å². The summed E-state index contributed by atoms with van der Waals surface area (Å²) in [6, 6.07) is 14.1. The van der Waals surface area contributed by atoms with Crippen molar-refractivity contribution in [3.63, 3.8) is 0 Å². The Kier molecular flexibility index (Phi) is 3.62. The lowest BCUT2D eigenvalue weighted by Gasteiger charge is -2.08. The third-order valence-corrected chi connectivity index (χ3v) is 3.88. The van der Waals surface area contributed by atoms with Gasteiger partial charge in [0.05, 0.1) is 18.2 Å². The van der Waals surface area contributed by atoms with Crippen LogP contribution in [0.2, 0.25) is 0 Å². The van der Waals surface area contributed by atoms with E-state index in [1.807, 2.05) is 12.1 Å². The van der Waals surface area contributed by atoms with Crippen LogP contribution in [0.5, 0.6) is 5.75 Å². The molecule has 5 heteroatoms. The maximum Gasteiger partial charge on any atom is 0.262 e. The van der Waals surface area contributed by atoms with Crippen LogP contribution in [0.1, 0.15) is 26.4 Å². The number of benzene rings is 2. The molecule has 0 spiro atoms. The number of ether oxygens (including phenoxy) is 1. The molecule has 0 saturated heterocycles. The Hall–Kier alpha value is -3.08. The summed E-state index contributed by atoms with van der Waals surface area (Å²) in [4.78, 5) is 24.7.